The number of hydrogen-bond donors (Lipinski definition) is 2. The summed E-state index contributed by atoms with van der Waals surface area (Å²) in [5, 5.41) is 10.5. The number of halogens is 4. The summed E-state index contributed by atoms with van der Waals surface area (Å²) in [6, 6.07) is 7.18. The molecule has 1 heterocycles. The van der Waals surface area contributed by atoms with Gasteiger partial charge in [0.2, 0.25) is 0 Å². The second kappa shape index (κ2) is 11.1. The second-order valence-corrected chi connectivity index (χ2v) is 5.73. The molecule has 0 spiro atoms. The smallest absolute Gasteiger partial charge is 0.367 e. The number of aromatic nitrogens is 2. The lowest BCUT2D eigenvalue weighted by molar-refractivity contribution is -0.176. The highest BCUT2D eigenvalue weighted by Gasteiger charge is 2.27. The molecule has 0 unspecified atom stereocenters. The molecule has 0 aliphatic heterocycles. The molecule has 150 valence electrons. The Bertz CT molecular complexity index is 716. The van der Waals surface area contributed by atoms with Crippen LogP contribution in [0.25, 0.3) is 0 Å². The lowest BCUT2D eigenvalue weighted by Crippen LogP contribution is -2.36. The number of nitrogens with zero attached hydrogens (tertiary/aromatic N) is 3. The molecule has 0 saturated heterocycles. The van der Waals surface area contributed by atoms with Crippen molar-refractivity contribution in [1.29, 1.82) is 0 Å². The third-order valence-corrected chi connectivity index (χ3v) is 3.46. The van der Waals surface area contributed by atoms with Gasteiger partial charge in [-0.2, -0.15) is 18.3 Å². The minimum atomic E-state index is -4.30. The number of aliphatic imine (C=N–C) groups is 1. The fourth-order valence-corrected chi connectivity index (χ4v) is 2.19. The molecule has 0 aliphatic carbocycles. The van der Waals surface area contributed by atoms with Gasteiger partial charge in [0.15, 0.2) is 5.96 Å². The first-order valence-electron chi connectivity index (χ1n) is 8.00. The largest absolute Gasteiger partial charge is 0.411 e. The van der Waals surface area contributed by atoms with Crippen molar-refractivity contribution in [2.75, 3.05) is 13.7 Å². The average molecular weight is 497 g/mol. The first kappa shape index (κ1) is 23.2. The van der Waals surface area contributed by atoms with Crippen molar-refractivity contribution in [1.82, 2.24) is 20.4 Å². The molecule has 0 fully saturated rings. The van der Waals surface area contributed by atoms with Crippen molar-refractivity contribution in [3.8, 4) is 0 Å². The lowest BCUT2D eigenvalue weighted by Gasteiger charge is -2.12. The SMILES string of the molecule is CN=C(NCc1ccc(COCC(F)(F)F)cc1)NCc1cnn(C)c1.I. The van der Waals surface area contributed by atoms with Gasteiger partial charge in [-0.25, -0.2) is 0 Å². The fourth-order valence-electron chi connectivity index (χ4n) is 2.19. The molecule has 2 rings (SSSR count). The summed E-state index contributed by atoms with van der Waals surface area (Å²) in [6.07, 6.45) is -0.609. The summed E-state index contributed by atoms with van der Waals surface area (Å²) in [5.74, 6) is 0.645. The van der Waals surface area contributed by atoms with Crippen LogP contribution in [0.5, 0.6) is 0 Å². The third-order valence-electron chi connectivity index (χ3n) is 3.46. The first-order chi connectivity index (χ1) is 12.4. The molecular weight excluding hydrogens is 474 g/mol. The van der Waals surface area contributed by atoms with E-state index in [4.69, 9.17) is 0 Å². The molecule has 1 aromatic heterocycles. The van der Waals surface area contributed by atoms with Crippen LogP contribution in [0.4, 0.5) is 13.2 Å². The number of benzene rings is 1. The Balaban J connectivity index is 0.00000364. The number of alkyl halides is 3. The predicted molar refractivity (Wildman–Crippen MR) is 108 cm³/mol. The van der Waals surface area contributed by atoms with Crippen LogP contribution in [0.2, 0.25) is 0 Å². The molecule has 0 bridgehead atoms. The Hall–Kier alpha value is -1.82. The van der Waals surface area contributed by atoms with E-state index in [-0.39, 0.29) is 30.6 Å². The number of guanidine groups is 1. The van der Waals surface area contributed by atoms with Gasteiger partial charge in [0.05, 0.1) is 12.8 Å². The van der Waals surface area contributed by atoms with Gasteiger partial charge < -0.3 is 15.4 Å². The van der Waals surface area contributed by atoms with Crippen LogP contribution >= 0.6 is 24.0 Å². The molecular formula is C17H23F3IN5O. The Morgan fingerprint density at radius 1 is 1.11 bits per heavy atom. The van der Waals surface area contributed by atoms with Gasteiger partial charge in [0.25, 0.3) is 0 Å². The van der Waals surface area contributed by atoms with E-state index < -0.39 is 12.8 Å². The molecule has 1 aromatic carbocycles. The highest BCUT2D eigenvalue weighted by Crippen LogP contribution is 2.15. The third kappa shape index (κ3) is 9.09. The van der Waals surface area contributed by atoms with E-state index >= 15 is 0 Å². The van der Waals surface area contributed by atoms with Crippen LogP contribution in [0.3, 0.4) is 0 Å². The molecule has 0 radical (unpaired) electrons. The van der Waals surface area contributed by atoms with Crippen molar-refractivity contribution in [2.45, 2.75) is 25.9 Å². The van der Waals surface area contributed by atoms with Gasteiger partial charge in [-0.15, -0.1) is 24.0 Å². The van der Waals surface area contributed by atoms with Gasteiger partial charge in [-0.1, -0.05) is 24.3 Å². The zero-order chi connectivity index (χ0) is 19.0. The van der Waals surface area contributed by atoms with E-state index in [0.29, 0.717) is 24.6 Å². The molecule has 2 N–H and O–H groups in total. The maximum atomic E-state index is 12.0. The molecule has 2 aromatic rings. The summed E-state index contributed by atoms with van der Waals surface area (Å²) < 4.78 is 42.5. The quantitative estimate of drug-likeness (QED) is 0.351. The summed E-state index contributed by atoms with van der Waals surface area (Å²) in [4.78, 5) is 4.15. The minimum absolute atomic E-state index is 0. The van der Waals surface area contributed by atoms with Crippen molar-refractivity contribution >= 4 is 29.9 Å². The Kier molecular flexibility index (Phi) is 9.56. The molecule has 0 amide bonds. The summed E-state index contributed by atoms with van der Waals surface area (Å²) in [6.45, 7) is -0.170. The standard InChI is InChI=1S/C17H22F3N5O.HI/c1-21-16(23-8-15-9-24-25(2)10-15)22-7-13-3-5-14(6-4-13)11-26-12-17(18,19)20;/h3-6,9-10H,7-8,11-12H2,1-2H3,(H2,21,22,23);1H. The van der Waals surface area contributed by atoms with Crippen LogP contribution in [0.1, 0.15) is 16.7 Å². The molecule has 0 saturated carbocycles. The number of nitrogens with one attached hydrogen (secondary N) is 2. The van der Waals surface area contributed by atoms with E-state index in [1.54, 1.807) is 30.1 Å². The number of rotatable bonds is 7. The van der Waals surface area contributed by atoms with E-state index in [2.05, 4.69) is 25.5 Å². The van der Waals surface area contributed by atoms with Crippen LogP contribution in [0.15, 0.2) is 41.7 Å². The van der Waals surface area contributed by atoms with Crippen LogP contribution in [-0.4, -0.2) is 35.6 Å². The van der Waals surface area contributed by atoms with E-state index in [9.17, 15) is 13.2 Å². The maximum Gasteiger partial charge on any atom is 0.411 e. The van der Waals surface area contributed by atoms with E-state index in [0.717, 1.165) is 11.1 Å². The maximum absolute atomic E-state index is 12.0. The van der Waals surface area contributed by atoms with Gasteiger partial charge in [0.1, 0.15) is 6.61 Å². The highest BCUT2D eigenvalue weighted by molar-refractivity contribution is 14.0. The van der Waals surface area contributed by atoms with E-state index in [1.165, 1.54) is 0 Å². The molecule has 0 aliphatic rings. The lowest BCUT2D eigenvalue weighted by atomic mass is 10.1. The molecule has 10 heteroatoms. The zero-order valence-electron chi connectivity index (χ0n) is 15.1. The summed E-state index contributed by atoms with van der Waals surface area (Å²) >= 11 is 0. The van der Waals surface area contributed by atoms with E-state index in [1.807, 2.05) is 25.4 Å². The highest BCUT2D eigenvalue weighted by atomic mass is 127. The van der Waals surface area contributed by atoms with Gasteiger partial charge >= 0.3 is 6.18 Å². The first-order valence-corrected chi connectivity index (χ1v) is 8.00. The average Bonchev–Trinajstić information content (AvgIpc) is 3.00. The topological polar surface area (TPSA) is 63.5 Å². The minimum Gasteiger partial charge on any atom is -0.367 e. The van der Waals surface area contributed by atoms with Crippen molar-refractivity contribution in [2.24, 2.45) is 12.0 Å². The van der Waals surface area contributed by atoms with Gasteiger partial charge in [0, 0.05) is 38.9 Å². The fraction of sp³-hybridized carbons (Fsp3) is 0.412. The monoisotopic (exact) mass is 497 g/mol. The molecule has 0 atom stereocenters. The second-order valence-electron chi connectivity index (χ2n) is 5.73. The molecule has 27 heavy (non-hydrogen) atoms. The summed E-state index contributed by atoms with van der Waals surface area (Å²) in [7, 11) is 3.54. The van der Waals surface area contributed by atoms with Crippen molar-refractivity contribution in [3.05, 3.63) is 53.3 Å². The van der Waals surface area contributed by atoms with Crippen LogP contribution < -0.4 is 10.6 Å². The summed E-state index contributed by atoms with van der Waals surface area (Å²) in [5.41, 5.74) is 2.71. The van der Waals surface area contributed by atoms with Crippen molar-refractivity contribution < 1.29 is 17.9 Å². The normalized spacial score (nSPS) is 11.8. The van der Waals surface area contributed by atoms with Crippen LogP contribution in [0, 0.1) is 0 Å². The number of hydrogen-bond acceptors (Lipinski definition) is 3. The Morgan fingerprint density at radius 3 is 2.22 bits per heavy atom. The van der Waals surface area contributed by atoms with Gasteiger partial charge in [-0.3, -0.25) is 9.67 Å². The zero-order valence-corrected chi connectivity index (χ0v) is 17.4. The predicted octanol–water partition coefficient (Wildman–Crippen LogP) is 2.98. The number of ether oxygens (including phenoxy) is 1. The van der Waals surface area contributed by atoms with Gasteiger partial charge in [-0.05, 0) is 11.1 Å². The van der Waals surface area contributed by atoms with Crippen molar-refractivity contribution in [3.63, 3.8) is 0 Å². The Morgan fingerprint density at radius 2 is 1.70 bits per heavy atom. The molecule has 6 nitrogen and oxygen atoms in total. The Labute approximate surface area is 173 Å². The van der Waals surface area contributed by atoms with Crippen LogP contribution in [-0.2, 0) is 31.5 Å². The number of aryl methyl sites for hydroxylation is 1.